The van der Waals surface area contributed by atoms with Crippen molar-refractivity contribution in [2.75, 3.05) is 84.1 Å². The highest BCUT2D eigenvalue weighted by Crippen LogP contribution is 2.35. The summed E-state index contributed by atoms with van der Waals surface area (Å²) < 4.78 is 10.6. The van der Waals surface area contributed by atoms with E-state index in [0.717, 1.165) is 89.1 Å². The number of benzene rings is 4. The zero-order valence-electron chi connectivity index (χ0n) is 33.5. The zero-order chi connectivity index (χ0) is 42.5. The first-order chi connectivity index (χ1) is 30.0. The van der Waals surface area contributed by atoms with Crippen LogP contribution in [-0.4, -0.2) is 109 Å². The van der Waals surface area contributed by atoms with E-state index >= 15 is 0 Å². The van der Waals surface area contributed by atoms with E-state index in [4.69, 9.17) is 55.0 Å². The first kappa shape index (κ1) is 45.2. The summed E-state index contributed by atoms with van der Waals surface area (Å²) in [7, 11) is 0. The molecule has 0 aliphatic carbocycles. The van der Waals surface area contributed by atoms with Crippen molar-refractivity contribution in [1.82, 2.24) is 29.7 Å². The molecule has 0 atom stereocenters. The molecule has 0 saturated carbocycles. The van der Waals surface area contributed by atoms with E-state index in [2.05, 4.69) is 50.5 Å². The van der Waals surface area contributed by atoms with Gasteiger partial charge in [-0.1, -0.05) is 132 Å². The second-order valence-electron chi connectivity index (χ2n) is 13.4. The number of nitrogens with two attached hydrogens (primary N) is 1. The van der Waals surface area contributed by atoms with Crippen LogP contribution >= 0.6 is 34.8 Å². The minimum absolute atomic E-state index is 0.165. The van der Waals surface area contributed by atoms with E-state index in [1.807, 2.05) is 121 Å². The van der Waals surface area contributed by atoms with Gasteiger partial charge in [0.2, 0.25) is 0 Å². The van der Waals surface area contributed by atoms with Crippen LogP contribution in [0, 0.1) is 0 Å². The Morgan fingerprint density at radius 1 is 0.508 bits per heavy atom. The Kier molecular flexibility index (Phi) is 18.4. The van der Waals surface area contributed by atoms with Crippen LogP contribution < -0.4 is 11.1 Å². The van der Waals surface area contributed by atoms with Crippen molar-refractivity contribution in [1.29, 1.82) is 0 Å². The average Bonchev–Trinajstić information content (AvgIpc) is 3.31. The fraction of sp³-hybridized carbons (Fsp3) is 0.273. The summed E-state index contributed by atoms with van der Waals surface area (Å²) in [5.41, 5.74) is 9.22. The van der Waals surface area contributed by atoms with Crippen molar-refractivity contribution in [2.24, 2.45) is 26.2 Å². The summed E-state index contributed by atoms with van der Waals surface area (Å²) in [4.78, 5) is 22.3. The molecule has 3 N–H and O–H groups in total. The second kappa shape index (κ2) is 24.8. The average molecular weight is 882 g/mol. The van der Waals surface area contributed by atoms with Gasteiger partial charge in [0.05, 0.1) is 37.8 Å². The Morgan fingerprint density at radius 2 is 0.902 bits per heavy atom. The molecule has 2 saturated heterocycles. The maximum atomic E-state index is 6.51. The number of hydrogen-bond donors (Lipinski definition) is 2. The highest BCUT2D eigenvalue weighted by atomic mass is 35.5. The van der Waals surface area contributed by atoms with Crippen molar-refractivity contribution in [3.63, 3.8) is 0 Å². The van der Waals surface area contributed by atoms with E-state index < -0.39 is 0 Å². The van der Waals surface area contributed by atoms with Gasteiger partial charge < -0.3 is 20.5 Å². The molecular formula is C44H47Cl3N12O2. The Bertz CT molecular complexity index is 2240. The molecule has 8 rings (SSSR count). The molecule has 14 nitrogen and oxygen atoms in total. The molecule has 0 spiro atoms. The van der Waals surface area contributed by atoms with Crippen LogP contribution in [0.4, 0.5) is 28.6 Å². The first-order valence-electron chi connectivity index (χ1n) is 19.9. The lowest BCUT2D eigenvalue weighted by molar-refractivity contribution is 0.0394. The van der Waals surface area contributed by atoms with Crippen LogP contribution in [0.25, 0.3) is 22.8 Å². The molecule has 6 aromatic rings. The van der Waals surface area contributed by atoms with Gasteiger partial charge in [-0.25, -0.2) is 19.9 Å². The largest absolute Gasteiger partial charge is 0.379 e. The van der Waals surface area contributed by atoms with E-state index in [1.54, 1.807) is 0 Å². The number of anilines is 1. The Hall–Kier alpha value is -5.29. The van der Waals surface area contributed by atoms with Crippen molar-refractivity contribution in [3.8, 4) is 22.8 Å². The molecule has 2 aliphatic heterocycles. The number of azo groups is 2. The third kappa shape index (κ3) is 14.7. The SMILES string of the molecule is Clc1nc(-c2ccccc2)nc(Cl)c1N=Nc1ccccc1.Clc1nc(-c2ccccc2)nc(NCCN2CCOCC2)c1N=Nc1ccccc1.NCCN1CCOCC1. The lowest BCUT2D eigenvalue weighted by atomic mass is 10.2. The number of aromatic nitrogens is 4. The molecule has 0 unspecified atom stereocenters. The standard InChI is InChI=1S/C22H23ClN6O.C16H10Cl2N4.C6H14N2O/c23-20-19(28-27-18-9-5-2-6-10-18)22(24-11-12-29-13-15-30-16-14-29)26-21(25-20)17-7-3-1-4-8-17;17-14-13(22-21-12-9-5-2-6-10-12)15(18)20-16(19-14)11-7-3-1-4-8-11;7-1-2-8-3-5-9-6-4-8/h1-10H,11-16H2,(H,24,25,26);1-10H;1-7H2. The van der Waals surface area contributed by atoms with E-state index in [9.17, 15) is 0 Å². The fourth-order valence-electron chi connectivity index (χ4n) is 5.93. The Balaban J connectivity index is 0.000000175. The molecule has 4 heterocycles. The van der Waals surface area contributed by atoms with Gasteiger partial charge >= 0.3 is 0 Å². The quantitative estimate of drug-likeness (QED) is 0.0893. The first-order valence-corrected chi connectivity index (χ1v) is 21.0. The van der Waals surface area contributed by atoms with Gasteiger partial charge in [0.25, 0.3) is 0 Å². The lowest BCUT2D eigenvalue weighted by Gasteiger charge is -2.26. The maximum Gasteiger partial charge on any atom is 0.165 e. The third-order valence-electron chi connectivity index (χ3n) is 9.12. The third-order valence-corrected chi connectivity index (χ3v) is 9.91. The van der Waals surface area contributed by atoms with Crippen LogP contribution in [0.1, 0.15) is 0 Å². The monoisotopic (exact) mass is 880 g/mol. The summed E-state index contributed by atoms with van der Waals surface area (Å²) in [6.07, 6.45) is 0. The number of halogens is 3. The lowest BCUT2D eigenvalue weighted by Crippen LogP contribution is -2.39. The van der Waals surface area contributed by atoms with Crippen LogP contribution in [-0.2, 0) is 9.47 Å². The van der Waals surface area contributed by atoms with Gasteiger partial charge in [0, 0.05) is 63.5 Å². The van der Waals surface area contributed by atoms with Crippen molar-refractivity contribution >= 4 is 63.4 Å². The minimum atomic E-state index is 0.165. The van der Waals surface area contributed by atoms with Crippen LogP contribution in [0.3, 0.4) is 0 Å². The summed E-state index contributed by atoms with van der Waals surface area (Å²) >= 11 is 18.8. The van der Waals surface area contributed by atoms with Crippen LogP contribution in [0.5, 0.6) is 0 Å². The van der Waals surface area contributed by atoms with Gasteiger partial charge in [-0.2, -0.15) is 10.2 Å². The second-order valence-corrected chi connectivity index (χ2v) is 14.5. The molecule has 0 amide bonds. The normalized spacial score (nSPS) is 14.6. The summed E-state index contributed by atoms with van der Waals surface area (Å²) in [5.74, 6) is 1.57. The van der Waals surface area contributed by atoms with E-state index in [-0.39, 0.29) is 21.1 Å². The molecule has 17 heteroatoms. The highest BCUT2D eigenvalue weighted by Gasteiger charge is 2.16. The molecule has 0 bridgehead atoms. The maximum absolute atomic E-state index is 6.51. The van der Waals surface area contributed by atoms with Gasteiger partial charge in [-0.3, -0.25) is 9.80 Å². The van der Waals surface area contributed by atoms with Crippen molar-refractivity contribution < 1.29 is 9.47 Å². The summed E-state index contributed by atoms with van der Waals surface area (Å²) in [6, 6.07) is 38.0. The van der Waals surface area contributed by atoms with Gasteiger partial charge in [-0.15, -0.1) is 10.2 Å². The van der Waals surface area contributed by atoms with Crippen molar-refractivity contribution in [3.05, 3.63) is 137 Å². The highest BCUT2D eigenvalue weighted by molar-refractivity contribution is 6.37. The van der Waals surface area contributed by atoms with Crippen LogP contribution in [0.15, 0.2) is 142 Å². The fourth-order valence-corrected chi connectivity index (χ4v) is 6.60. The smallest absolute Gasteiger partial charge is 0.165 e. The summed E-state index contributed by atoms with van der Waals surface area (Å²) in [6.45, 7) is 10.6. The van der Waals surface area contributed by atoms with Gasteiger partial charge in [0.1, 0.15) is 0 Å². The van der Waals surface area contributed by atoms with E-state index in [0.29, 0.717) is 35.4 Å². The number of rotatable bonds is 12. The molecule has 316 valence electrons. The predicted molar refractivity (Wildman–Crippen MR) is 243 cm³/mol. The molecule has 61 heavy (non-hydrogen) atoms. The molecule has 4 aromatic carbocycles. The van der Waals surface area contributed by atoms with Crippen molar-refractivity contribution in [2.45, 2.75) is 0 Å². The Labute approximate surface area is 370 Å². The molecule has 2 fully saturated rings. The van der Waals surface area contributed by atoms with Crippen LogP contribution in [0.2, 0.25) is 15.5 Å². The number of nitrogens with one attached hydrogen (secondary N) is 1. The molecule has 2 aliphatic rings. The number of hydrogen-bond acceptors (Lipinski definition) is 14. The van der Waals surface area contributed by atoms with E-state index in [1.165, 1.54) is 0 Å². The topological polar surface area (TPSA) is 164 Å². The van der Waals surface area contributed by atoms with Gasteiger partial charge in [-0.05, 0) is 24.3 Å². The molecule has 2 aromatic heterocycles. The number of ether oxygens (including phenoxy) is 2. The molecule has 0 radical (unpaired) electrons. The number of nitrogens with zero attached hydrogens (tertiary/aromatic N) is 10. The minimum Gasteiger partial charge on any atom is -0.379 e. The zero-order valence-corrected chi connectivity index (χ0v) is 35.8. The summed E-state index contributed by atoms with van der Waals surface area (Å²) in [5, 5.41) is 20.7. The predicted octanol–water partition coefficient (Wildman–Crippen LogP) is 10.1. The van der Waals surface area contributed by atoms with Gasteiger partial charge in [0.15, 0.2) is 44.3 Å². The molecular weight excluding hydrogens is 835 g/mol. The Morgan fingerprint density at radius 3 is 1.36 bits per heavy atom. The number of morpholine rings is 2.